The van der Waals surface area contributed by atoms with Crippen molar-refractivity contribution in [1.29, 1.82) is 0 Å². The molecular formula is C32H35NO6. The summed E-state index contributed by atoms with van der Waals surface area (Å²) in [6.45, 7) is 9.82. The highest BCUT2D eigenvalue weighted by molar-refractivity contribution is 6.46. The van der Waals surface area contributed by atoms with Crippen molar-refractivity contribution in [2.24, 2.45) is 0 Å². The fourth-order valence-corrected chi connectivity index (χ4v) is 4.66. The molecule has 0 bridgehead atoms. The van der Waals surface area contributed by atoms with E-state index < -0.39 is 17.7 Å². The zero-order chi connectivity index (χ0) is 28.3. The van der Waals surface area contributed by atoms with E-state index in [-0.39, 0.29) is 30.1 Å². The Hall–Kier alpha value is -4.26. The van der Waals surface area contributed by atoms with Crippen LogP contribution in [0, 0.1) is 6.92 Å². The predicted octanol–water partition coefficient (Wildman–Crippen LogP) is 6.20. The molecule has 7 nitrogen and oxygen atoms in total. The van der Waals surface area contributed by atoms with Crippen LogP contribution in [0.1, 0.15) is 56.0 Å². The molecule has 0 radical (unpaired) electrons. The number of benzene rings is 3. The van der Waals surface area contributed by atoms with E-state index in [4.69, 9.17) is 14.2 Å². The molecule has 0 aliphatic carbocycles. The molecule has 0 saturated carbocycles. The molecule has 0 aromatic heterocycles. The summed E-state index contributed by atoms with van der Waals surface area (Å²) >= 11 is 0. The number of Topliss-reactive ketones (excluding diaryl/α,β-unsaturated/α-hetero) is 1. The molecule has 1 fully saturated rings. The van der Waals surface area contributed by atoms with Crippen LogP contribution in [0.4, 0.5) is 0 Å². The van der Waals surface area contributed by atoms with Gasteiger partial charge in [-0.25, -0.2) is 0 Å². The number of amides is 1. The van der Waals surface area contributed by atoms with Crippen molar-refractivity contribution in [3.05, 3.63) is 94.6 Å². The van der Waals surface area contributed by atoms with Crippen molar-refractivity contribution in [1.82, 2.24) is 4.90 Å². The highest BCUT2D eigenvalue weighted by atomic mass is 16.5. The van der Waals surface area contributed by atoms with Crippen LogP contribution in [-0.2, 0) is 16.1 Å². The number of likely N-dealkylation sites (tertiary alicyclic amines) is 1. The molecule has 3 aromatic rings. The number of ether oxygens (including phenoxy) is 3. The molecule has 1 atom stereocenters. The van der Waals surface area contributed by atoms with Gasteiger partial charge in [-0.3, -0.25) is 9.59 Å². The average molecular weight is 530 g/mol. The zero-order valence-electron chi connectivity index (χ0n) is 23.2. The Morgan fingerprint density at radius 2 is 1.49 bits per heavy atom. The highest BCUT2D eigenvalue weighted by Crippen LogP contribution is 2.41. The van der Waals surface area contributed by atoms with Crippen LogP contribution >= 0.6 is 0 Å². The quantitative estimate of drug-likeness (QED) is 0.202. The van der Waals surface area contributed by atoms with E-state index in [0.717, 1.165) is 11.1 Å². The van der Waals surface area contributed by atoms with Crippen molar-refractivity contribution in [3.63, 3.8) is 0 Å². The third-order valence-corrected chi connectivity index (χ3v) is 6.43. The fourth-order valence-electron chi connectivity index (χ4n) is 4.66. The minimum absolute atomic E-state index is 0.00226. The first kappa shape index (κ1) is 27.8. The van der Waals surface area contributed by atoms with Crippen LogP contribution in [-0.4, -0.2) is 41.0 Å². The van der Waals surface area contributed by atoms with Crippen molar-refractivity contribution < 1.29 is 28.9 Å². The maximum absolute atomic E-state index is 13.4. The number of ketones is 1. The number of nitrogens with zero attached hydrogens (tertiary/aromatic N) is 1. The topological polar surface area (TPSA) is 85.3 Å². The number of aryl methyl sites for hydroxylation is 1. The molecule has 1 aliphatic rings. The molecule has 1 unspecified atom stereocenters. The van der Waals surface area contributed by atoms with Gasteiger partial charge in [-0.1, -0.05) is 24.3 Å². The molecular weight excluding hydrogens is 494 g/mol. The Bertz CT molecular complexity index is 1370. The lowest BCUT2D eigenvalue weighted by molar-refractivity contribution is -0.140. The van der Waals surface area contributed by atoms with Gasteiger partial charge in [-0.2, -0.15) is 0 Å². The Labute approximate surface area is 229 Å². The van der Waals surface area contributed by atoms with E-state index in [1.54, 1.807) is 25.3 Å². The van der Waals surface area contributed by atoms with Crippen LogP contribution in [0.15, 0.2) is 72.3 Å². The Kier molecular flexibility index (Phi) is 8.29. The van der Waals surface area contributed by atoms with E-state index in [1.165, 1.54) is 4.90 Å². The summed E-state index contributed by atoms with van der Waals surface area (Å²) in [5.74, 6) is 0.441. The summed E-state index contributed by atoms with van der Waals surface area (Å²) in [6, 6.07) is 19.0. The summed E-state index contributed by atoms with van der Waals surface area (Å²) in [5, 5.41) is 11.5. The van der Waals surface area contributed by atoms with Gasteiger partial charge in [-0.15, -0.1) is 0 Å². The van der Waals surface area contributed by atoms with Gasteiger partial charge in [-0.05, 0) is 93.8 Å². The SMILES string of the molecule is COc1ccc(CN2C(=O)C(=O)/C(=C(\O)c3ccc(OC(C)C)c(C)c3)C2c2ccc(OC(C)C)cc2)cc1. The van der Waals surface area contributed by atoms with E-state index in [2.05, 4.69) is 0 Å². The van der Waals surface area contributed by atoms with E-state index in [0.29, 0.717) is 28.4 Å². The molecule has 1 saturated heterocycles. The summed E-state index contributed by atoms with van der Waals surface area (Å²) in [5.41, 5.74) is 2.82. The van der Waals surface area contributed by atoms with Crippen molar-refractivity contribution in [2.45, 2.75) is 59.4 Å². The van der Waals surface area contributed by atoms with Gasteiger partial charge in [0.2, 0.25) is 0 Å². The maximum Gasteiger partial charge on any atom is 0.295 e. The predicted molar refractivity (Wildman–Crippen MR) is 150 cm³/mol. The number of hydrogen-bond donors (Lipinski definition) is 1. The number of carbonyl (C=O) groups is 2. The van der Waals surface area contributed by atoms with E-state index in [9.17, 15) is 14.7 Å². The first-order chi connectivity index (χ1) is 18.6. The monoisotopic (exact) mass is 529 g/mol. The van der Waals surface area contributed by atoms with Gasteiger partial charge >= 0.3 is 0 Å². The van der Waals surface area contributed by atoms with Gasteiger partial charge < -0.3 is 24.2 Å². The maximum atomic E-state index is 13.4. The summed E-state index contributed by atoms with van der Waals surface area (Å²) in [4.78, 5) is 28.3. The Morgan fingerprint density at radius 1 is 0.872 bits per heavy atom. The van der Waals surface area contributed by atoms with Gasteiger partial charge in [0.25, 0.3) is 11.7 Å². The number of carbonyl (C=O) groups excluding carboxylic acids is 2. The number of methoxy groups -OCH3 is 1. The van der Waals surface area contributed by atoms with Crippen molar-refractivity contribution in [3.8, 4) is 17.2 Å². The zero-order valence-corrected chi connectivity index (χ0v) is 23.2. The fraction of sp³-hybridized carbons (Fsp3) is 0.312. The first-order valence-corrected chi connectivity index (χ1v) is 13.0. The number of hydrogen-bond acceptors (Lipinski definition) is 6. The molecule has 1 aliphatic heterocycles. The molecule has 204 valence electrons. The molecule has 7 heteroatoms. The van der Waals surface area contributed by atoms with Crippen molar-refractivity contribution >= 4 is 17.4 Å². The lowest BCUT2D eigenvalue weighted by Crippen LogP contribution is -2.29. The number of aliphatic hydroxyl groups excluding tert-OH is 1. The summed E-state index contributed by atoms with van der Waals surface area (Å²) < 4.78 is 16.9. The Morgan fingerprint density at radius 3 is 2.05 bits per heavy atom. The lowest BCUT2D eigenvalue weighted by atomic mass is 9.94. The second-order valence-electron chi connectivity index (χ2n) is 10.2. The smallest absolute Gasteiger partial charge is 0.295 e. The molecule has 4 rings (SSSR count). The number of rotatable bonds is 9. The number of aliphatic hydroxyl groups is 1. The van der Waals surface area contributed by atoms with Gasteiger partial charge in [0.05, 0.1) is 30.9 Å². The van der Waals surface area contributed by atoms with Crippen LogP contribution in [0.2, 0.25) is 0 Å². The second kappa shape index (κ2) is 11.6. The van der Waals surface area contributed by atoms with Crippen LogP contribution in [0.5, 0.6) is 17.2 Å². The van der Waals surface area contributed by atoms with Gasteiger partial charge in [0.15, 0.2) is 0 Å². The van der Waals surface area contributed by atoms with E-state index in [1.807, 2.05) is 83.1 Å². The normalized spacial score (nSPS) is 16.7. The average Bonchev–Trinajstić information content (AvgIpc) is 3.14. The first-order valence-electron chi connectivity index (χ1n) is 13.0. The third-order valence-electron chi connectivity index (χ3n) is 6.43. The molecule has 0 spiro atoms. The summed E-state index contributed by atoms with van der Waals surface area (Å²) in [7, 11) is 1.59. The molecule has 1 N–H and O–H groups in total. The second-order valence-corrected chi connectivity index (χ2v) is 10.2. The summed E-state index contributed by atoms with van der Waals surface area (Å²) in [6.07, 6.45) is -0.00322. The van der Waals surface area contributed by atoms with Crippen molar-refractivity contribution in [2.75, 3.05) is 7.11 Å². The van der Waals surface area contributed by atoms with Gasteiger partial charge in [0.1, 0.15) is 23.0 Å². The van der Waals surface area contributed by atoms with Crippen LogP contribution in [0.25, 0.3) is 5.76 Å². The third kappa shape index (κ3) is 6.08. The van der Waals surface area contributed by atoms with Gasteiger partial charge in [0, 0.05) is 12.1 Å². The minimum atomic E-state index is -0.785. The van der Waals surface area contributed by atoms with Crippen LogP contribution in [0.3, 0.4) is 0 Å². The largest absolute Gasteiger partial charge is 0.507 e. The standard InChI is InChI=1S/C32H35NO6/c1-19(2)38-26-14-9-23(10-15-26)29-28(30(34)24-11-16-27(21(5)17-24)39-20(3)4)31(35)32(36)33(29)18-22-7-12-25(37-6)13-8-22/h7-17,19-20,29,34H,18H2,1-6H3/b30-28-. The highest BCUT2D eigenvalue weighted by Gasteiger charge is 2.46. The molecule has 1 heterocycles. The lowest BCUT2D eigenvalue weighted by Gasteiger charge is -2.26. The Balaban J connectivity index is 1.79. The minimum Gasteiger partial charge on any atom is -0.507 e. The van der Waals surface area contributed by atoms with Crippen LogP contribution < -0.4 is 14.2 Å². The van der Waals surface area contributed by atoms with E-state index >= 15 is 0 Å². The molecule has 3 aromatic carbocycles. The molecule has 39 heavy (non-hydrogen) atoms. The molecule has 1 amide bonds.